The number of rotatable bonds is 6. The summed E-state index contributed by atoms with van der Waals surface area (Å²) in [6, 6.07) is 11.4. The number of anilines is 1. The van der Waals surface area contributed by atoms with Crippen molar-refractivity contribution in [2.24, 2.45) is 0 Å². The Labute approximate surface area is 136 Å². The van der Waals surface area contributed by atoms with Crippen LogP contribution in [0.1, 0.15) is 24.5 Å². The highest BCUT2D eigenvalue weighted by atomic mass is 16.2. The van der Waals surface area contributed by atoms with E-state index in [4.69, 9.17) is 0 Å². The van der Waals surface area contributed by atoms with E-state index in [1.54, 1.807) is 17.3 Å². The van der Waals surface area contributed by atoms with Gasteiger partial charge in [0.2, 0.25) is 11.8 Å². The molecule has 120 valence electrons. The first kappa shape index (κ1) is 16.7. The van der Waals surface area contributed by atoms with Crippen molar-refractivity contribution < 1.29 is 9.59 Å². The van der Waals surface area contributed by atoms with Crippen LogP contribution in [0.2, 0.25) is 0 Å². The van der Waals surface area contributed by atoms with Gasteiger partial charge in [-0.25, -0.2) is 0 Å². The molecule has 5 heteroatoms. The van der Waals surface area contributed by atoms with Gasteiger partial charge >= 0.3 is 0 Å². The van der Waals surface area contributed by atoms with Crippen LogP contribution in [0, 0.1) is 6.92 Å². The predicted molar refractivity (Wildman–Crippen MR) is 89.8 cm³/mol. The number of carbonyl (C=O) groups is 2. The second-order valence-corrected chi connectivity index (χ2v) is 5.41. The lowest BCUT2D eigenvalue weighted by Gasteiger charge is -2.21. The smallest absolute Gasteiger partial charge is 0.226 e. The quantitative estimate of drug-likeness (QED) is 0.892. The van der Waals surface area contributed by atoms with Gasteiger partial charge in [0, 0.05) is 44.5 Å². The summed E-state index contributed by atoms with van der Waals surface area (Å²) in [5, 5.41) is 2.88. The molecule has 0 aliphatic carbocycles. The van der Waals surface area contributed by atoms with E-state index in [0.29, 0.717) is 13.1 Å². The first-order valence-electron chi connectivity index (χ1n) is 7.56. The van der Waals surface area contributed by atoms with Gasteiger partial charge in [-0.1, -0.05) is 18.2 Å². The van der Waals surface area contributed by atoms with E-state index < -0.39 is 0 Å². The van der Waals surface area contributed by atoms with Crippen LogP contribution >= 0.6 is 0 Å². The zero-order chi connectivity index (χ0) is 16.7. The molecule has 1 heterocycles. The van der Waals surface area contributed by atoms with Crippen LogP contribution < -0.4 is 5.32 Å². The third kappa shape index (κ3) is 5.21. The SMILES string of the molecule is CC(=O)N(CCC(=O)Nc1ccccc1C)Cc1ccncc1. The number of hydrogen-bond donors (Lipinski definition) is 1. The lowest BCUT2D eigenvalue weighted by Crippen LogP contribution is -2.31. The predicted octanol–water partition coefficient (Wildman–Crippen LogP) is 2.77. The zero-order valence-corrected chi connectivity index (χ0v) is 13.5. The molecule has 0 aliphatic heterocycles. The average Bonchev–Trinajstić information content (AvgIpc) is 2.54. The molecule has 1 N–H and O–H groups in total. The van der Waals surface area contributed by atoms with E-state index in [-0.39, 0.29) is 18.2 Å². The molecular weight excluding hydrogens is 290 g/mol. The van der Waals surface area contributed by atoms with Crippen molar-refractivity contribution in [2.45, 2.75) is 26.8 Å². The van der Waals surface area contributed by atoms with Crippen molar-refractivity contribution in [3.8, 4) is 0 Å². The average molecular weight is 311 g/mol. The van der Waals surface area contributed by atoms with Crippen molar-refractivity contribution in [3.63, 3.8) is 0 Å². The van der Waals surface area contributed by atoms with Gasteiger partial charge in [-0.2, -0.15) is 0 Å². The first-order chi connectivity index (χ1) is 11.1. The molecule has 0 saturated heterocycles. The number of hydrogen-bond acceptors (Lipinski definition) is 3. The van der Waals surface area contributed by atoms with Crippen molar-refractivity contribution in [1.29, 1.82) is 0 Å². The summed E-state index contributed by atoms with van der Waals surface area (Å²) in [7, 11) is 0. The Balaban J connectivity index is 1.90. The lowest BCUT2D eigenvalue weighted by atomic mass is 10.2. The minimum Gasteiger partial charge on any atom is -0.338 e. The van der Waals surface area contributed by atoms with Gasteiger partial charge in [0.1, 0.15) is 0 Å². The monoisotopic (exact) mass is 311 g/mol. The molecule has 0 fully saturated rings. The highest BCUT2D eigenvalue weighted by molar-refractivity contribution is 5.91. The Kier molecular flexibility index (Phi) is 5.86. The summed E-state index contributed by atoms with van der Waals surface area (Å²) < 4.78 is 0. The summed E-state index contributed by atoms with van der Waals surface area (Å²) >= 11 is 0. The standard InChI is InChI=1S/C18H21N3O2/c1-14-5-3-4-6-17(14)20-18(23)9-12-21(15(2)22)13-16-7-10-19-11-8-16/h3-8,10-11H,9,12-13H2,1-2H3,(H,20,23). The number of pyridine rings is 1. The highest BCUT2D eigenvalue weighted by Gasteiger charge is 2.12. The fraction of sp³-hybridized carbons (Fsp3) is 0.278. The maximum atomic E-state index is 12.1. The van der Waals surface area contributed by atoms with Crippen LogP contribution in [0.4, 0.5) is 5.69 Å². The van der Waals surface area contributed by atoms with E-state index in [0.717, 1.165) is 16.8 Å². The molecule has 23 heavy (non-hydrogen) atoms. The second kappa shape index (κ2) is 8.08. The molecule has 0 spiro atoms. The van der Waals surface area contributed by atoms with Gasteiger partial charge in [-0.05, 0) is 36.2 Å². The molecule has 0 saturated carbocycles. The highest BCUT2D eigenvalue weighted by Crippen LogP contribution is 2.13. The largest absolute Gasteiger partial charge is 0.338 e. The van der Waals surface area contributed by atoms with E-state index >= 15 is 0 Å². The molecule has 5 nitrogen and oxygen atoms in total. The number of amides is 2. The Morgan fingerprint density at radius 1 is 1.13 bits per heavy atom. The number of aromatic nitrogens is 1. The van der Waals surface area contributed by atoms with Gasteiger partial charge in [0.15, 0.2) is 0 Å². The molecule has 0 aliphatic rings. The van der Waals surface area contributed by atoms with Gasteiger partial charge in [-0.15, -0.1) is 0 Å². The fourth-order valence-electron chi connectivity index (χ4n) is 2.22. The molecule has 2 amide bonds. The van der Waals surface area contributed by atoms with Gasteiger partial charge in [0.05, 0.1) is 0 Å². The van der Waals surface area contributed by atoms with E-state index in [2.05, 4.69) is 10.3 Å². The van der Waals surface area contributed by atoms with Crippen molar-refractivity contribution in [2.75, 3.05) is 11.9 Å². The molecule has 0 radical (unpaired) electrons. The lowest BCUT2D eigenvalue weighted by molar-refractivity contribution is -0.129. The minimum absolute atomic E-state index is 0.0505. The second-order valence-electron chi connectivity index (χ2n) is 5.41. The van der Waals surface area contributed by atoms with Crippen LogP contribution in [-0.4, -0.2) is 28.2 Å². The molecule has 2 rings (SSSR count). The molecule has 0 bridgehead atoms. The van der Waals surface area contributed by atoms with Crippen molar-refractivity contribution >= 4 is 17.5 Å². The third-order valence-corrected chi connectivity index (χ3v) is 3.60. The summed E-state index contributed by atoms with van der Waals surface area (Å²) in [6.07, 6.45) is 3.65. The Bertz CT molecular complexity index is 671. The normalized spacial score (nSPS) is 10.2. The number of aryl methyl sites for hydroxylation is 1. The molecular formula is C18H21N3O2. The van der Waals surface area contributed by atoms with Crippen LogP contribution in [0.25, 0.3) is 0 Å². The minimum atomic E-state index is -0.0970. The molecule has 0 unspecified atom stereocenters. The Hall–Kier alpha value is -2.69. The maximum absolute atomic E-state index is 12.1. The van der Waals surface area contributed by atoms with Crippen LogP contribution in [-0.2, 0) is 16.1 Å². The van der Waals surface area contributed by atoms with E-state index in [1.807, 2.05) is 43.3 Å². The number of nitrogens with zero attached hydrogens (tertiary/aromatic N) is 2. The molecule has 2 aromatic rings. The summed E-state index contributed by atoms with van der Waals surface area (Å²) in [4.78, 5) is 29.5. The van der Waals surface area contributed by atoms with Crippen LogP contribution in [0.5, 0.6) is 0 Å². The number of carbonyl (C=O) groups excluding carboxylic acids is 2. The van der Waals surface area contributed by atoms with Crippen LogP contribution in [0.15, 0.2) is 48.8 Å². The molecule has 1 aromatic carbocycles. The molecule has 1 aromatic heterocycles. The Morgan fingerprint density at radius 2 is 1.83 bits per heavy atom. The fourth-order valence-corrected chi connectivity index (χ4v) is 2.22. The van der Waals surface area contributed by atoms with Crippen molar-refractivity contribution in [3.05, 3.63) is 59.9 Å². The maximum Gasteiger partial charge on any atom is 0.226 e. The summed E-state index contributed by atoms with van der Waals surface area (Å²) in [5.74, 6) is -0.147. The van der Waals surface area contributed by atoms with Gasteiger partial charge in [-0.3, -0.25) is 14.6 Å². The zero-order valence-electron chi connectivity index (χ0n) is 13.5. The number of para-hydroxylation sites is 1. The third-order valence-electron chi connectivity index (χ3n) is 3.60. The molecule has 0 atom stereocenters. The van der Waals surface area contributed by atoms with Crippen molar-refractivity contribution in [1.82, 2.24) is 9.88 Å². The number of benzene rings is 1. The van der Waals surface area contributed by atoms with Gasteiger partial charge < -0.3 is 10.2 Å². The number of nitrogens with one attached hydrogen (secondary N) is 1. The summed E-state index contributed by atoms with van der Waals surface area (Å²) in [5.41, 5.74) is 2.82. The Morgan fingerprint density at radius 3 is 2.48 bits per heavy atom. The van der Waals surface area contributed by atoms with Crippen LogP contribution in [0.3, 0.4) is 0 Å². The summed E-state index contributed by atoms with van der Waals surface area (Å²) in [6.45, 7) is 4.33. The topological polar surface area (TPSA) is 62.3 Å². The first-order valence-corrected chi connectivity index (χ1v) is 7.56. The van der Waals surface area contributed by atoms with Gasteiger partial charge in [0.25, 0.3) is 0 Å². The van der Waals surface area contributed by atoms with E-state index in [1.165, 1.54) is 6.92 Å². The van der Waals surface area contributed by atoms with E-state index in [9.17, 15) is 9.59 Å².